The van der Waals surface area contributed by atoms with E-state index in [0.29, 0.717) is 18.9 Å². The summed E-state index contributed by atoms with van der Waals surface area (Å²) in [7, 11) is 0. The van der Waals surface area contributed by atoms with Crippen molar-refractivity contribution in [3.05, 3.63) is 25.0 Å². The van der Waals surface area contributed by atoms with Crippen LogP contribution >= 0.6 is 0 Å². The van der Waals surface area contributed by atoms with Gasteiger partial charge in [-0.2, -0.15) is 0 Å². The lowest BCUT2D eigenvalue weighted by atomic mass is 10.5. The van der Waals surface area contributed by atoms with Crippen molar-refractivity contribution in [2.24, 2.45) is 5.73 Å². The average molecular weight is 113 g/mol. The molecule has 0 fully saturated rings. The van der Waals surface area contributed by atoms with E-state index in [1.165, 1.54) is 0 Å². The first-order valence-electron chi connectivity index (χ1n) is 2.45. The standard InChI is InChI=1S/C6H11NO/c1-3-6(2)8-5-4-7/h3H,1-2,4-5,7H2. The molecule has 0 rings (SSSR count). The SMILES string of the molecule is C=CC(=C)OCCN. The number of rotatable bonds is 4. The van der Waals surface area contributed by atoms with Crippen molar-refractivity contribution in [2.75, 3.05) is 13.2 Å². The Morgan fingerprint density at radius 2 is 2.38 bits per heavy atom. The van der Waals surface area contributed by atoms with Gasteiger partial charge in [-0.05, 0) is 6.08 Å². The molecule has 0 aliphatic rings. The van der Waals surface area contributed by atoms with E-state index in [4.69, 9.17) is 10.5 Å². The zero-order valence-corrected chi connectivity index (χ0v) is 4.89. The van der Waals surface area contributed by atoms with E-state index < -0.39 is 0 Å². The Kier molecular flexibility index (Phi) is 3.98. The maximum Gasteiger partial charge on any atom is 0.111 e. The molecule has 0 unspecified atom stereocenters. The molecule has 2 nitrogen and oxygen atoms in total. The van der Waals surface area contributed by atoms with Crippen LogP contribution < -0.4 is 5.73 Å². The van der Waals surface area contributed by atoms with Gasteiger partial charge in [-0.3, -0.25) is 0 Å². The molecule has 0 spiro atoms. The van der Waals surface area contributed by atoms with E-state index in [1.807, 2.05) is 0 Å². The first-order chi connectivity index (χ1) is 3.81. The van der Waals surface area contributed by atoms with Gasteiger partial charge in [0.05, 0.1) is 0 Å². The molecule has 0 radical (unpaired) electrons. The topological polar surface area (TPSA) is 35.2 Å². The maximum atomic E-state index is 5.13. The summed E-state index contributed by atoms with van der Waals surface area (Å²) in [4.78, 5) is 0. The van der Waals surface area contributed by atoms with E-state index >= 15 is 0 Å². The van der Waals surface area contributed by atoms with Gasteiger partial charge >= 0.3 is 0 Å². The van der Waals surface area contributed by atoms with Crippen molar-refractivity contribution in [2.45, 2.75) is 0 Å². The third-order valence-corrected chi connectivity index (χ3v) is 0.633. The fraction of sp³-hybridized carbons (Fsp3) is 0.333. The number of ether oxygens (including phenoxy) is 1. The molecule has 0 atom stereocenters. The average Bonchev–Trinajstić information content (AvgIpc) is 1.83. The zero-order valence-electron chi connectivity index (χ0n) is 4.89. The summed E-state index contributed by atoms with van der Waals surface area (Å²) in [6, 6.07) is 0. The second-order valence-corrected chi connectivity index (χ2v) is 1.31. The summed E-state index contributed by atoms with van der Waals surface area (Å²) >= 11 is 0. The van der Waals surface area contributed by atoms with Crippen LogP contribution in [0.25, 0.3) is 0 Å². The van der Waals surface area contributed by atoms with Crippen molar-refractivity contribution in [1.82, 2.24) is 0 Å². The van der Waals surface area contributed by atoms with Gasteiger partial charge in [0, 0.05) is 6.54 Å². The van der Waals surface area contributed by atoms with Gasteiger partial charge in [0.15, 0.2) is 0 Å². The fourth-order valence-electron chi connectivity index (χ4n) is 0.249. The lowest BCUT2D eigenvalue weighted by molar-refractivity contribution is 0.235. The minimum atomic E-state index is 0.519. The second-order valence-electron chi connectivity index (χ2n) is 1.31. The second kappa shape index (κ2) is 4.40. The van der Waals surface area contributed by atoms with E-state index in [2.05, 4.69) is 13.2 Å². The molecule has 0 saturated heterocycles. The highest BCUT2D eigenvalue weighted by atomic mass is 16.5. The number of nitrogens with two attached hydrogens (primary N) is 1. The van der Waals surface area contributed by atoms with E-state index in [1.54, 1.807) is 6.08 Å². The quantitative estimate of drug-likeness (QED) is 0.429. The lowest BCUT2D eigenvalue weighted by Gasteiger charge is -2.00. The third-order valence-electron chi connectivity index (χ3n) is 0.633. The fourth-order valence-corrected chi connectivity index (χ4v) is 0.249. The summed E-state index contributed by atoms with van der Waals surface area (Å²) in [6.07, 6.45) is 1.55. The Morgan fingerprint density at radius 1 is 1.75 bits per heavy atom. The van der Waals surface area contributed by atoms with E-state index in [9.17, 15) is 0 Å². The first kappa shape index (κ1) is 7.24. The van der Waals surface area contributed by atoms with Crippen LogP contribution in [0.1, 0.15) is 0 Å². The van der Waals surface area contributed by atoms with Gasteiger partial charge < -0.3 is 10.5 Å². The Bertz CT molecular complexity index is 88.5. The largest absolute Gasteiger partial charge is 0.493 e. The van der Waals surface area contributed by atoms with Crippen LogP contribution in [0.2, 0.25) is 0 Å². The van der Waals surface area contributed by atoms with Crippen molar-refractivity contribution in [1.29, 1.82) is 0 Å². The summed E-state index contributed by atoms with van der Waals surface area (Å²) in [5, 5.41) is 0. The molecular weight excluding hydrogens is 102 g/mol. The minimum absolute atomic E-state index is 0.519. The molecule has 0 aliphatic heterocycles. The zero-order chi connectivity index (χ0) is 6.41. The molecule has 0 heterocycles. The molecule has 2 N–H and O–H groups in total. The summed E-state index contributed by atoms with van der Waals surface area (Å²) in [5.74, 6) is 0.579. The van der Waals surface area contributed by atoms with Gasteiger partial charge in [0.25, 0.3) is 0 Å². The van der Waals surface area contributed by atoms with Crippen LogP contribution in [-0.2, 0) is 4.74 Å². The minimum Gasteiger partial charge on any atom is -0.493 e. The summed E-state index contributed by atoms with van der Waals surface area (Å²) < 4.78 is 4.90. The van der Waals surface area contributed by atoms with E-state index in [-0.39, 0.29) is 0 Å². The lowest BCUT2D eigenvalue weighted by Crippen LogP contribution is -2.06. The van der Waals surface area contributed by atoms with Crippen molar-refractivity contribution in [3.63, 3.8) is 0 Å². The van der Waals surface area contributed by atoms with Crippen LogP contribution in [0, 0.1) is 0 Å². The molecule has 0 saturated carbocycles. The smallest absolute Gasteiger partial charge is 0.111 e. The Hall–Kier alpha value is -0.760. The molecule has 8 heavy (non-hydrogen) atoms. The van der Waals surface area contributed by atoms with Gasteiger partial charge in [-0.1, -0.05) is 13.2 Å². The molecule has 0 aliphatic carbocycles. The van der Waals surface area contributed by atoms with Gasteiger partial charge in [0.1, 0.15) is 12.4 Å². The maximum absolute atomic E-state index is 5.13. The Morgan fingerprint density at radius 3 is 2.75 bits per heavy atom. The van der Waals surface area contributed by atoms with Gasteiger partial charge in [0.2, 0.25) is 0 Å². The van der Waals surface area contributed by atoms with Gasteiger partial charge in [-0.15, -0.1) is 0 Å². The Balaban J connectivity index is 3.11. The highest BCUT2D eigenvalue weighted by Crippen LogP contribution is 1.90. The summed E-state index contributed by atoms with van der Waals surface area (Å²) in [6.45, 7) is 8.00. The van der Waals surface area contributed by atoms with Crippen molar-refractivity contribution < 1.29 is 4.74 Å². The monoisotopic (exact) mass is 113 g/mol. The number of hydrogen-bond acceptors (Lipinski definition) is 2. The first-order valence-corrected chi connectivity index (χ1v) is 2.45. The predicted octanol–water partition coefficient (Wildman–Crippen LogP) is 0.661. The molecule has 0 bridgehead atoms. The highest BCUT2D eigenvalue weighted by Gasteiger charge is 1.81. The van der Waals surface area contributed by atoms with E-state index in [0.717, 1.165) is 0 Å². The van der Waals surface area contributed by atoms with Crippen LogP contribution in [0.15, 0.2) is 25.0 Å². The van der Waals surface area contributed by atoms with Crippen molar-refractivity contribution in [3.8, 4) is 0 Å². The molecule has 0 aromatic heterocycles. The highest BCUT2D eigenvalue weighted by molar-refractivity contribution is 5.01. The molecule has 0 aromatic carbocycles. The number of allylic oxidation sites excluding steroid dienone is 1. The van der Waals surface area contributed by atoms with Crippen LogP contribution in [0.3, 0.4) is 0 Å². The number of hydrogen-bond donors (Lipinski definition) is 1. The Labute approximate surface area is 49.6 Å². The molecule has 46 valence electrons. The van der Waals surface area contributed by atoms with Crippen LogP contribution in [0.5, 0.6) is 0 Å². The normalized spacial score (nSPS) is 8.12. The van der Waals surface area contributed by atoms with Crippen LogP contribution in [0.4, 0.5) is 0 Å². The third kappa shape index (κ3) is 3.43. The molecule has 0 amide bonds. The predicted molar refractivity (Wildman–Crippen MR) is 34.3 cm³/mol. The van der Waals surface area contributed by atoms with Crippen molar-refractivity contribution >= 4 is 0 Å². The molecular formula is C6H11NO. The van der Waals surface area contributed by atoms with Gasteiger partial charge in [-0.25, -0.2) is 0 Å². The molecule has 2 heteroatoms. The van der Waals surface area contributed by atoms with Crippen LogP contribution in [-0.4, -0.2) is 13.2 Å². The molecule has 0 aromatic rings. The summed E-state index contributed by atoms with van der Waals surface area (Å²) in [5.41, 5.74) is 5.13.